The highest BCUT2D eigenvalue weighted by atomic mass is 16.7. The van der Waals surface area contributed by atoms with Crippen molar-refractivity contribution in [3.05, 3.63) is 95.1 Å². The minimum Gasteiger partial charge on any atom is -0.481 e. The fraction of sp³-hybridized carbons (Fsp3) is 0.459. The van der Waals surface area contributed by atoms with E-state index in [-0.39, 0.29) is 37.6 Å². The van der Waals surface area contributed by atoms with Crippen LogP contribution in [-0.2, 0) is 41.7 Å². The molecule has 0 aromatic heterocycles. The van der Waals surface area contributed by atoms with Crippen LogP contribution in [0.5, 0.6) is 0 Å². The van der Waals surface area contributed by atoms with Crippen molar-refractivity contribution in [2.24, 2.45) is 0 Å². The maximum atomic E-state index is 12.2. The Kier molecular flexibility index (Phi) is 11.0. The first kappa shape index (κ1) is 33.3. The molecule has 3 unspecified atom stereocenters. The molecule has 3 heterocycles. The van der Waals surface area contributed by atoms with E-state index in [4.69, 9.17) is 24.1 Å². The molecule has 10 heteroatoms. The van der Waals surface area contributed by atoms with Gasteiger partial charge in [-0.25, -0.2) is 0 Å². The number of likely N-dealkylation sites (tertiary alicyclic amines) is 1. The van der Waals surface area contributed by atoms with E-state index in [1.807, 2.05) is 54.6 Å². The third kappa shape index (κ3) is 8.84. The van der Waals surface area contributed by atoms with E-state index in [1.54, 1.807) is 0 Å². The second-order valence-electron chi connectivity index (χ2n) is 12.6. The van der Waals surface area contributed by atoms with Gasteiger partial charge in [-0.15, -0.1) is 0 Å². The average molecular weight is 645 g/mol. The summed E-state index contributed by atoms with van der Waals surface area (Å²) in [5.74, 6) is -1.48. The van der Waals surface area contributed by atoms with Crippen LogP contribution in [0.2, 0.25) is 0 Å². The SMILES string of the molecule is O=C(O)CCCC(=O)NCc1cccc(-c2cccc(C3OC(CN4CCC5(CC4)OCCO5)CC(c4ccc(CO)cc4)O3)c2)c1. The van der Waals surface area contributed by atoms with Gasteiger partial charge in [0.2, 0.25) is 5.91 Å². The maximum absolute atomic E-state index is 12.2. The van der Waals surface area contributed by atoms with Gasteiger partial charge in [0, 0.05) is 63.8 Å². The van der Waals surface area contributed by atoms with Crippen LogP contribution in [0, 0.1) is 0 Å². The minimum absolute atomic E-state index is 0.00278. The number of rotatable bonds is 12. The molecule has 3 fully saturated rings. The molecule has 3 aliphatic rings. The Hall–Kier alpha value is -3.64. The molecule has 0 radical (unpaired) electrons. The summed E-state index contributed by atoms with van der Waals surface area (Å²) >= 11 is 0. The lowest BCUT2D eigenvalue weighted by molar-refractivity contribution is -0.255. The van der Waals surface area contributed by atoms with E-state index < -0.39 is 18.0 Å². The van der Waals surface area contributed by atoms with Gasteiger partial charge in [0.1, 0.15) is 0 Å². The van der Waals surface area contributed by atoms with Crippen LogP contribution < -0.4 is 5.32 Å². The lowest BCUT2D eigenvalue weighted by Crippen LogP contribution is -2.48. The predicted molar refractivity (Wildman–Crippen MR) is 174 cm³/mol. The molecule has 3 saturated heterocycles. The summed E-state index contributed by atoms with van der Waals surface area (Å²) in [6, 6.07) is 24.1. The molecular weight excluding hydrogens is 600 g/mol. The highest BCUT2D eigenvalue weighted by Crippen LogP contribution is 2.40. The highest BCUT2D eigenvalue weighted by Gasteiger charge is 2.41. The Morgan fingerprint density at radius 1 is 0.851 bits per heavy atom. The minimum atomic E-state index is -0.899. The Morgan fingerprint density at radius 2 is 1.57 bits per heavy atom. The number of nitrogens with zero attached hydrogens (tertiary/aromatic N) is 1. The molecule has 0 saturated carbocycles. The van der Waals surface area contributed by atoms with Crippen molar-refractivity contribution >= 4 is 11.9 Å². The van der Waals surface area contributed by atoms with E-state index in [0.29, 0.717) is 32.6 Å². The number of aliphatic hydroxyl groups excluding tert-OH is 1. The van der Waals surface area contributed by atoms with E-state index >= 15 is 0 Å². The summed E-state index contributed by atoms with van der Waals surface area (Å²) in [6.07, 6.45) is 2.10. The zero-order valence-electron chi connectivity index (χ0n) is 26.6. The van der Waals surface area contributed by atoms with E-state index in [0.717, 1.165) is 65.9 Å². The van der Waals surface area contributed by atoms with Crippen molar-refractivity contribution < 1.29 is 38.7 Å². The number of hydrogen-bond acceptors (Lipinski definition) is 8. The summed E-state index contributed by atoms with van der Waals surface area (Å²) in [5.41, 5.74) is 5.80. The Bertz CT molecular complexity index is 1500. The van der Waals surface area contributed by atoms with Gasteiger partial charge in [0.15, 0.2) is 12.1 Å². The zero-order chi connectivity index (χ0) is 32.6. The normalized spacial score (nSPS) is 22.7. The standard InChI is InChI=1S/C37H44N2O8/c40-25-26-10-12-28(13-11-26)33-22-32(24-39-16-14-37(15-17-39)44-18-19-45-37)46-36(47-33)31-7-2-6-30(21-31)29-5-1-4-27(20-29)23-38-34(41)8-3-9-35(42)43/h1-2,4-7,10-13,20-21,32-33,36,40H,3,8-9,14-19,22-25H2,(H,38,41)(H,42,43). The van der Waals surface area contributed by atoms with Gasteiger partial charge in [-0.05, 0) is 46.4 Å². The first-order valence-electron chi connectivity index (χ1n) is 16.6. The third-order valence-electron chi connectivity index (χ3n) is 9.21. The molecule has 1 amide bonds. The number of hydrogen-bond donors (Lipinski definition) is 3. The topological polar surface area (TPSA) is 127 Å². The molecule has 0 aliphatic carbocycles. The van der Waals surface area contributed by atoms with Crippen molar-refractivity contribution in [1.82, 2.24) is 10.2 Å². The average Bonchev–Trinajstić information content (AvgIpc) is 3.56. The van der Waals surface area contributed by atoms with Gasteiger partial charge in [-0.1, -0.05) is 60.7 Å². The summed E-state index contributed by atoms with van der Waals surface area (Å²) in [5, 5.41) is 21.3. The van der Waals surface area contributed by atoms with Crippen molar-refractivity contribution in [1.29, 1.82) is 0 Å². The molecule has 3 aliphatic heterocycles. The second-order valence-corrected chi connectivity index (χ2v) is 12.6. The van der Waals surface area contributed by atoms with Crippen molar-refractivity contribution in [2.75, 3.05) is 32.8 Å². The van der Waals surface area contributed by atoms with Crippen LogP contribution in [0.1, 0.15) is 73.2 Å². The highest BCUT2D eigenvalue weighted by molar-refractivity contribution is 5.76. The first-order valence-corrected chi connectivity index (χ1v) is 16.6. The van der Waals surface area contributed by atoms with Crippen LogP contribution in [0.4, 0.5) is 0 Å². The number of benzene rings is 3. The molecular formula is C37H44N2O8. The molecule has 250 valence electrons. The smallest absolute Gasteiger partial charge is 0.303 e. The molecule has 1 spiro atoms. The van der Waals surface area contributed by atoms with Crippen molar-refractivity contribution in [3.63, 3.8) is 0 Å². The number of aliphatic carboxylic acids is 1. The van der Waals surface area contributed by atoms with Crippen LogP contribution in [-0.4, -0.2) is 71.7 Å². The van der Waals surface area contributed by atoms with Crippen LogP contribution in [0.25, 0.3) is 11.1 Å². The number of carboxylic acid groups (broad SMARTS) is 1. The van der Waals surface area contributed by atoms with Gasteiger partial charge in [0.25, 0.3) is 0 Å². The lowest BCUT2D eigenvalue weighted by atomic mass is 9.97. The number of aliphatic hydroxyl groups is 1. The summed E-state index contributed by atoms with van der Waals surface area (Å²) in [6.45, 7) is 4.24. The van der Waals surface area contributed by atoms with E-state index in [2.05, 4.69) is 28.4 Å². The number of ether oxygens (including phenoxy) is 4. The monoisotopic (exact) mass is 644 g/mol. The number of amides is 1. The third-order valence-corrected chi connectivity index (χ3v) is 9.21. The van der Waals surface area contributed by atoms with Crippen LogP contribution in [0.3, 0.4) is 0 Å². The number of carbonyl (C=O) groups excluding carboxylic acids is 1. The first-order chi connectivity index (χ1) is 22.9. The number of piperidine rings is 1. The Labute approximate surface area is 275 Å². The molecule has 3 N–H and O–H groups in total. The molecule has 3 aromatic rings. The number of carboxylic acids is 1. The molecule has 10 nitrogen and oxygen atoms in total. The predicted octanol–water partition coefficient (Wildman–Crippen LogP) is 5.10. The maximum Gasteiger partial charge on any atom is 0.303 e. The van der Waals surface area contributed by atoms with Gasteiger partial charge in [-0.3, -0.25) is 9.59 Å². The van der Waals surface area contributed by atoms with Crippen molar-refractivity contribution in [3.8, 4) is 11.1 Å². The quantitative estimate of drug-likeness (QED) is 0.247. The fourth-order valence-corrected chi connectivity index (χ4v) is 6.60. The fourth-order valence-electron chi connectivity index (χ4n) is 6.60. The van der Waals surface area contributed by atoms with Gasteiger partial charge < -0.3 is 39.4 Å². The zero-order valence-corrected chi connectivity index (χ0v) is 26.6. The lowest BCUT2D eigenvalue weighted by Gasteiger charge is -2.41. The number of nitrogens with one attached hydrogen (secondary N) is 1. The van der Waals surface area contributed by atoms with Gasteiger partial charge in [-0.2, -0.15) is 0 Å². The molecule has 3 atom stereocenters. The summed E-state index contributed by atoms with van der Waals surface area (Å²) in [4.78, 5) is 25.4. The van der Waals surface area contributed by atoms with Gasteiger partial charge in [0.05, 0.1) is 32.0 Å². The van der Waals surface area contributed by atoms with Crippen molar-refractivity contribution in [2.45, 2.75) is 76.0 Å². The summed E-state index contributed by atoms with van der Waals surface area (Å²) < 4.78 is 25.2. The molecule has 3 aromatic carbocycles. The molecule has 0 bridgehead atoms. The summed E-state index contributed by atoms with van der Waals surface area (Å²) in [7, 11) is 0. The van der Waals surface area contributed by atoms with E-state index in [9.17, 15) is 14.7 Å². The Morgan fingerprint density at radius 3 is 2.30 bits per heavy atom. The number of carbonyl (C=O) groups is 2. The molecule has 6 rings (SSSR count). The Balaban J connectivity index is 1.15. The largest absolute Gasteiger partial charge is 0.481 e. The second kappa shape index (κ2) is 15.5. The van der Waals surface area contributed by atoms with Gasteiger partial charge >= 0.3 is 5.97 Å². The van der Waals surface area contributed by atoms with E-state index in [1.165, 1.54) is 0 Å². The van der Waals surface area contributed by atoms with Crippen LogP contribution >= 0.6 is 0 Å². The molecule has 47 heavy (non-hydrogen) atoms. The van der Waals surface area contributed by atoms with Crippen LogP contribution in [0.15, 0.2) is 72.8 Å².